The quantitative estimate of drug-likeness (QED) is 0.640. The van der Waals surface area contributed by atoms with Crippen LogP contribution in [0.25, 0.3) is 0 Å². The molecule has 102 valence electrons. The number of carbonyl (C=O) groups excluding carboxylic acids is 1. The van der Waals surface area contributed by atoms with Gasteiger partial charge in [-0.3, -0.25) is 4.79 Å². The number of likely N-dealkylation sites (N-methyl/N-ethyl adjacent to an activating group) is 1. The van der Waals surface area contributed by atoms with E-state index in [2.05, 4.69) is 37.9 Å². The number of rotatable bonds is 9. The van der Waals surface area contributed by atoms with Crippen molar-refractivity contribution in [2.75, 3.05) is 26.2 Å². The maximum atomic E-state index is 11.5. The highest BCUT2D eigenvalue weighted by molar-refractivity contribution is 5.84. The van der Waals surface area contributed by atoms with Gasteiger partial charge >= 0.3 is 0 Å². The van der Waals surface area contributed by atoms with Gasteiger partial charge in [-0.2, -0.15) is 0 Å². The highest BCUT2D eigenvalue weighted by atomic mass is 16.1. The van der Waals surface area contributed by atoms with Crippen LogP contribution in [0.3, 0.4) is 0 Å². The molecule has 0 saturated carbocycles. The predicted octanol–water partition coefficient (Wildman–Crippen LogP) is 1.21. The molecule has 0 aromatic carbocycles. The maximum absolute atomic E-state index is 11.5. The summed E-state index contributed by atoms with van der Waals surface area (Å²) < 4.78 is 0. The summed E-state index contributed by atoms with van der Waals surface area (Å²) in [6, 6.07) is 0. The molecule has 1 unspecified atom stereocenters. The number of primary amides is 1. The summed E-state index contributed by atoms with van der Waals surface area (Å²) in [4.78, 5) is 13.8. The minimum absolute atomic E-state index is 0.259. The van der Waals surface area contributed by atoms with Gasteiger partial charge in [0.05, 0.1) is 5.54 Å². The molecule has 4 nitrogen and oxygen atoms in total. The van der Waals surface area contributed by atoms with Gasteiger partial charge in [0.25, 0.3) is 0 Å². The van der Waals surface area contributed by atoms with E-state index in [0.29, 0.717) is 5.92 Å². The van der Waals surface area contributed by atoms with Crippen molar-refractivity contribution in [1.29, 1.82) is 0 Å². The van der Waals surface area contributed by atoms with E-state index in [1.165, 1.54) is 0 Å². The maximum Gasteiger partial charge on any atom is 0.237 e. The van der Waals surface area contributed by atoms with Gasteiger partial charge < -0.3 is 16.0 Å². The summed E-state index contributed by atoms with van der Waals surface area (Å²) in [6.07, 6.45) is 0.778. The first-order valence-corrected chi connectivity index (χ1v) is 6.63. The summed E-state index contributed by atoms with van der Waals surface area (Å²) in [5, 5.41) is 3.31. The van der Waals surface area contributed by atoms with Crippen LogP contribution in [-0.2, 0) is 4.79 Å². The zero-order valence-electron chi connectivity index (χ0n) is 12.0. The third-order valence-corrected chi connectivity index (χ3v) is 3.20. The van der Waals surface area contributed by atoms with Crippen molar-refractivity contribution in [2.24, 2.45) is 11.7 Å². The van der Waals surface area contributed by atoms with Crippen LogP contribution in [-0.4, -0.2) is 42.5 Å². The summed E-state index contributed by atoms with van der Waals surface area (Å²) in [6.45, 7) is 14.2. The lowest BCUT2D eigenvalue weighted by Crippen LogP contribution is -2.55. The number of carbonyl (C=O) groups is 1. The van der Waals surface area contributed by atoms with Gasteiger partial charge in [0.2, 0.25) is 5.91 Å². The zero-order chi connectivity index (χ0) is 13.5. The minimum Gasteiger partial charge on any atom is -0.368 e. The molecule has 0 aliphatic carbocycles. The molecular formula is C13H29N3O. The molecule has 1 atom stereocenters. The van der Waals surface area contributed by atoms with Gasteiger partial charge in [-0.05, 0) is 32.4 Å². The molecule has 0 spiro atoms. The van der Waals surface area contributed by atoms with Crippen LogP contribution in [0.5, 0.6) is 0 Å². The van der Waals surface area contributed by atoms with E-state index in [1.54, 1.807) is 0 Å². The molecule has 17 heavy (non-hydrogen) atoms. The van der Waals surface area contributed by atoms with Crippen molar-refractivity contribution >= 4 is 5.91 Å². The van der Waals surface area contributed by atoms with Crippen molar-refractivity contribution in [3.8, 4) is 0 Å². The highest BCUT2D eigenvalue weighted by Gasteiger charge is 2.30. The molecule has 0 rings (SSSR count). The Morgan fingerprint density at radius 3 is 2.24 bits per heavy atom. The number of hydrogen-bond donors (Lipinski definition) is 2. The van der Waals surface area contributed by atoms with Crippen LogP contribution in [0.1, 0.15) is 41.0 Å². The van der Waals surface area contributed by atoms with Crippen LogP contribution in [0.15, 0.2) is 0 Å². The highest BCUT2D eigenvalue weighted by Crippen LogP contribution is 2.15. The molecule has 0 aromatic rings. The molecule has 0 aliphatic rings. The Kier molecular flexibility index (Phi) is 7.39. The average molecular weight is 243 g/mol. The van der Waals surface area contributed by atoms with Gasteiger partial charge in [-0.1, -0.05) is 27.7 Å². The monoisotopic (exact) mass is 243 g/mol. The van der Waals surface area contributed by atoms with Gasteiger partial charge in [-0.15, -0.1) is 0 Å². The topological polar surface area (TPSA) is 58.4 Å². The molecular weight excluding hydrogens is 214 g/mol. The molecule has 0 heterocycles. The van der Waals surface area contributed by atoms with E-state index in [1.807, 2.05) is 6.92 Å². The van der Waals surface area contributed by atoms with E-state index < -0.39 is 5.54 Å². The van der Waals surface area contributed by atoms with Gasteiger partial charge in [-0.25, -0.2) is 0 Å². The van der Waals surface area contributed by atoms with Crippen molar-refractivity contribution in [1.82, 2.24) is 10.2 Å². The van der Waals surface area contributed by atoms with Gasteiger partial charge in [0.1, 0.15) is 0 Å². The lowest BCUT2D eigenvalue weighted by molar-refractivity contribution is -0.124. The van der Waals surface area contributed by atoms with E-state index in [9.17, 15) is 4.79 Å². The normalized spacial score (nSPS) is 15.2. The van der Waals surface area contributed by atoms with Crippen molar-refractivity contribution in [3.63, 3.8) is 0 Å². The first-order valence-electron chi connectivity index (χ1n) is 6.63. The smallest absolute Gasteiger partial charge is 0.237 e. The number of nitrogens with zero attached hydrogens (tertiary/aromatic N) is 1. The number of hydrogen-bond acceptors (Lipinski definition) is 3. The summed E-state index contributed by atoms with van der Waals surface area (Å²) >= 11 is 0. The van der Waals surface area contributed by atoms with E-state index in [4.69, 9.17) is 5.73 Å². The molecule has 0 saturated heterocycles. The first-order chi connectivity index (χ1) is 7.85. The Labute approximate surface area is 106 Å². The summed E-state index contributed by atoms with van der Waals surface area (Å²) in [7, 11) is 0. The van der Waals surface area contributed by atoms with Crippen LogP contribution in [0.2, 0.25) is 0 Å². The Morgan fingerprint density at radius 2 is 1.88 bits per heavy atom. The molecule has 3 N–H and O–H groups in total. The zero-order valence-corrected chi connectivity index (χ0v) is 12.0. The second kappa shape index (κ2) is 7.67. The van der Waals surface area contributed by atoms with Gasteiger partial charge in [0.15, 0.2) is 0 Å². The van der Waals surface area contributed by atoms with Crippen LogP contribution in [0.4, 0.5) is 0 Å². The fourth-order valence-corrected chi connectivity index (χ4v) is 2.11. The Hall–Kier alpha value is -0.610. The minimum atomic E-state index is -0.582. The summed E-state index contributed by atoms with van der Waals surface area (Å²) in [5.74, 6) is 0.194. The number of nitrogens with one attached hydrogen (secondary N) is 1. The molecule has 0 aliphatic heterocycles. The standard InChI is InChI=1S/C13H29N3O/c1-6-16(7-2)9-8-15-13(5,12(14)17)10-11(3)4/h11,15H,6-10H2,1-5H3,(H2,14,17). The fraction of sp³-hybridized carbons (Fsp3) is 0.923. The van der Waals surface area contributed by atoms with Crippen LogP contribution >= 0.6 is 0 Å². The van der Waals surface area contributed by atoms with Gasteiger partial charge in [0, 0.05) is 13.1 Å². The largest absolute Gasteiger partial charge is 0.368 e. The third kappa shape index (κ3) is 6.03. The Bertz CT molecular complexity index is 227. The number of nitrogens with two attached hydrogens (primary N) is 1. The Morgan fingerprint density at radius 1 is 1.35 bits per heavy atom. The van der Waals surface area contributed by atoms with Crippen molar-refractivity contribution in [2.45, 2.75) is 46.6 Å². The van der Waals surface area contributed by atoms with E-state index in [-0.39, 0.29) is 5.91 Å². The lowest BCUT2D eigenvalue weighted by Gasteiger charge is -2.30. The van der Waals surface area contributed by atoms with Crippen LogP contribution in [0, 0.1) is 5.92 Å². The average Bonchev–Trinajstić information content (AvgIpc) is 2.23. The molecule has 0 fully saturated rings. The third-order valence-electron chi connectivity index (χ3n) is 3.20. The predicted molar refractivity (Wildman–Crippen MR) is 72.8 cm³/mol. The molecule has 0 radical (unpaired) electrons. The van der Waals surface area contributed by atoms with Crippen molar-refractivity contribution < 1.29 is 4.79 Å². The molecule has 0 aromatic heterocycles. The molecule has 0 bridgehead atoms. The van der Waals surface area contributed by atoms with Crippen LogP contribution < -0.4 is 11.1 Å². The summed E-state index contributed by atoms with van der Waals surface area (Å²) in [5.41, 5.74) is 4.90. The fourth-order valence-electron chi connectivity index (χ4n) is 2.11. The second-order valence-corrected chi connectivity index (χ2v) is 5.25. The number of amides is 1. The lowest BCUT2D eigenvalue weighted by atomic mass is 9.90. The second-order valence-electron chi connectivity index (χ2n) is 5.25. The SMILES string of the molecule is CCN(CC)CCNC(C)(CC(C)C)C(N)=O. The van der Waals surface area contributed by atoms with E-state index >= 15 is 0 Å². The first kappa shape index (κ1) is 16.4. The Balaban J connectivity index is 4.23. The van der Waals surface area contributed by atoms with E-state index in [0.717, 1.165) is 32.6 Å². The molecule has 4 heteroatoms. The van der Waals surface area contributed by atoms with Crippen molar-refractivity contribution in [3.05, 3.63) is 0 Å². The molecule has 1 amide bonds.